The summed E-state index contributed by atoms with van der Waals surface area (Å²) < 4.78 is 0. The Labute approximate surface area is 113 Å². The number of nitrogens with two attached hydrogens (primary N) is 1. The molecule has 0 bridgehead atoms. The standard InChI is InChI=1S/C14H21N3O2/c15-16-14(19)13-5-1-3-11(7-13)8-17-6-2-4-12(9-17)10-18/h1,3,5,7,12,18H,2,4,6,8-10,15H2,(H,16,19). The highest BCUT2D eigenvalue weighted by molar-refractivity contribution is 5.93. The first-order valence-corrected chi connectivity index (χ1v) is 6.66. The molecule has 1 heterocycles. The van der Waals surface area contributed by atoms with Crippen molar-refractivity contribution in [1.29, 1.82) is 0 Å². The van der Waals surface area contributed by atoms with Crippen molar-refractivity contribution < 1.29 is 9.90 Å². The van der Waals surface area contributed by atoms with E-state index in [1.807, 2.05) is 18.2 Å². The fraction of sp³-hybridized carbons (Fsp3) is 0.500. The zero-order chi connectivity index (χ0) is 13.7. The number of hydrogen-bond acceptors (Lipinski definition) is 4. The lowest BCUT2D eigenvalue weighted by Gasteiger charge is -2.31. The van der Waals surface area contributed by atoms with Gasteiger partial charge in [-0.2, -0.15) is 0 Å². The lowest BCUT2D eigenvalue weighted by Crippen LogP contribution is -2.36. The van der Waals surface area contributed by atoms with Crippen LogP contribution in [0.4, 0.5) is 0 Å². The number of carbonyl (C=O) groups excluding carboxylic acids is 1. The Morgan fingerprint density at radius 2 is 2.37 bits per heavy atom. The van der Waals surface area contributed by atoms with Crippen LogP contribution < -0.4 is 11.3 Å². The number of hydrogen-bond donors (Lipinski definition) is 3. The first kappa shape index (κ1) is 14.0. The molecule has 5 heteroatoms. The monoisotopic (exact) mass is 263 g/mol. The first-order chi connectivity index (χ1) is 9.22. The number of aliphatic hydroxyl groups is 1. The largest absolute Gasteiger partial charge is 0.396 e. The Kier molecular flexibility index (Phi) is 4.90. The number of amides is 1. The highest BCUT2D eigenvalue weighted by atomic mass is 16.3. The number of rotatable bonds is 4. The van der Waals surface area contributed by atoms with Gasteiger partial charge in [0.05, 0.1) is 0 Å². The molecule has 1 atom stereocenters. The van der Waals surface area contributed by atoms with Crippen LogP contribution in [-0.2, 0) is 6.54 Å². The summed E-state index contributed by atoms with van der Waals surface area (Å²) in [5, 5.41) is 9.23. The van der Waals surface area contributed by atoms with Crippen molar-refractivity contribution in [1.82, 2.24) is 10.3 Å². The smallest absolute Gasteiger partial charge is 0.265 e. The molecule has 0 aromatic heterocycles. The van der Waals surface area contributed by atoms with Crippen molar-refractivity contribution in [2.45, 2.75) is 19.4 Å². The molecule has 19 heavy (non-hydrogen) atoms. The molecule has 4 N–H and O–H groups in total. The van der Waals surface area contributed by atoms with Crippen LogP contribution in [0.3, 0.4) is 0 Å². The molecule has 1 aromatic carbocycles. The quantitative estimate of drug-likeness (QED) is 0.420. The molecule has 0 aliphatic carbocycles. The molecule has 1 saturated heterocycles. The van der Waals surface area contributed by atoms with Crippen molar-refractivity contribution >= 4 is 5.91 Å². The molecule has 0 radical (unpaired) electrons. The van der Waals surface area contributed by atoms with Crippen molar-refractivity contribution in [3.63, 3.8) is 0 Å². The predicted molar refractivity (Wildman–Crippen MR) is 73.2 cm³/mol. The van der Waals surface area contributed by atoms with E-state index in [-0.39, 0.29) is 12.5 Å². The van der Waals surface area contributed by atoms with E-state index in [0.29, 0.717) is 11.5 Å². The third-order valence-corrected chi connectivity index (χ3v) is 3.59. The first-order valence-electron chi connectivity index (χ1n) is 6.66. The van der Waals surface area contributed by atoms with E-state index in [0.717, 1.165) is 38.0 Å². The van der Waals surface area contributed by atoms with E-state index in [2.05, 4.69) is 10.3 Å². The lowest BCUT2D eigenvalue weighted by atomic mass is 9.98. The summed E-state index contributed by atoms with van der Waals surface area (Å²) in [6.45, 7) is 3.03. The number of benzene rings is 1. The van der Waals surface area contributed by atoms with Gasteiger partial charge in [-0.15, -0.1) is 0 Å². The molecule has 1 fully saturated rings. The Bertz CT molecular complexity index is 436. The van der Waals surface area contributed by atoms with Crippen molar-refractivity contribution in [2.24, 2.45) is 11.8 Å². The van der Waals surface area contributed by atoms with E-state index < -0.39 is 0 Å². The second-order valence-corrected chi connectivity index (χ2v) is 5.10. The summed E-state index contributed by atoms with van der Waals surface area (Å²) in [5.74, 6) is 5.25. The highest BCUT2D eigenvalue weighted by Gasteiger charge is 2.19. The molecule has 2 rings (SSSR count). The highest BCUT2D eigenvalue weighted by Crippen LogP contribution is 2.18. The summed E-state index contributed by atoms with van der Waals surface area (Å²) in [5.41, 5.74) is 3.82. The average Bonchev–Trinajstić information content (AvgIpc) is 2.47. The van der Waals surface area contributed by atoms with Crippen LogP contribution in [0.25, 0.3) is 0 Å². The number of aliphatic hydroxyl groups excluding tert-OH is 1. The number of carbonyl (C=O) groups is 1. The van der Waals surface area contributed by atoms with Gasteiger partial charge >= 0.3 is 0 Å². The Balaban J connectivity index is 2.00. The minimum Gasteiger partial charge on any atom is -0.396 e. The zero-order valence-corrected chi connectivity index (χ0v) is 11.0. The van der Waals surface area contributed by atoms with E-state index >= 15 is 0 Å². The second-order valence-electron chi connectivity index (χ2n) is 5.10. The third kappa shape index (κ3) is 3.76. The number of hydrazine groups is 1. The molecule has 0 saturated carbocycles. The summed E-state index contributed by atoms with van der Waals surface area (Å²) in [6.07, 6.45) is 2.22. The maximum Gasteiger partial charge on any atom is 0.265 e. The Hall–Kier alpha value is -1.43. The average molecular weight is 263 g/mol. The minimum atomic E-state index is -0.270. The van der Waals surface area contributed by atoms with Gasteiger partial charge < -0.3 is 5.11 Å². The Morgan fingerprint density at radius 3 is 3.11 bits per heavy atom. The molecule has 1 amide bonds. The molecular weight excluding hydrogens is 242 g/mol. The molecule has 1 aliphatic heterocycles. The number of nitrogens with zero attached hydrogens (tertiary/aromatic N) is 1. The SMILES string of the molecule is NNC(=O)c1cccc(CN2CCCC(CO)C2)c1. The van der Waals surface area contributed by atoms with Gasteiger partial charge in [-0.3, -0.25) is 15.1 Å². The molecule has 1 aromatic rings. The molecule has 5 nitrogen and oxygen atoms in total. The van der Waals surface area contributed by atoms with Crippen LogP contribution in [0.2, 0.25) is 0 Å². The van der Waals surface area contributed by atoms with Gasteiger partial charge in [-0.25, -0.2) is 5.84 Å². The summed E-state index contributed by atoms with van der Waals surface area (Å²) in [7, 11) is 0. The summed E-state index contributed by atoms with van der Waals surface area (Å²) in [4.78, 5) is 13.8. The zero-order valence-electron chi connectivity index (χ0n) is 11.0. The van der Waals surface area contributed by atoms with Crippen LogP contribution in [0.5, 0.6) is 0 Å². The van der Waals surface area contributed by atoms with Gasteiger partial charge in [0.25, 0.3) is 5.91 Å². The van der Waals surface area contributed by atoms with Crippen molar-refractivity contribution in [2.75, 3.05) is 19.7 Å². The Morgan fingerprint density at radius 1 is 1.53 bits per heavy atom. The van der Waals surface area contributed by atoms with Gasteiger partial charge in [-0.1, -0.05) is 12.1 Å². The van der Waals surface area contributed by atoms with Gasteiger partial charge in [0.2, 0.25) is 0 Å². The summed E-state index contributed by atoms with van der Waals surface area (Å²) >= 11 is 0. The third-order valence-electron chi connectivity index (χ3n) is 3.59. The second kappa shape index (κ2) is 6.65. The number of nitrogens with one attached hydrogen (secondary N) is 1. The van der Waals surface area contributed by atoms with E-state index in [1.165, 1.54) is 0 Å². The number of piperidine rings is 1. The minimum absolute atomic E-state index is 0.256. The van der Waals surface area contributed by atoms with Crippen molar-refractivity contribution in [3.05, 3.63) is 35.4 Å². The topological polar surface area (TPSA) is 78.6 Å². The van der Waals surface area contributed by atoms with E-state index in [9.17, 15) is 9.90 Å². The van der Waals surface area contributed by atoms with Crippen LogP contribution in [0.1, 0.15) is 28.8 Å². The van der Waals surface area contributed by atoms with Crippen molar-refractivity contribution in [3.8, 4) is 0 Å². The normalized spacial score (nSPS) is 20.2. The predicted octanol–water partition coefficient (Wildman–Crippen LogP) is 0.494. The summed E-state index contributed by atoms with van der Waals surface area (Å²) in [6, 6.07) is 7.49. The van der Waals surface area contributed by atoms with Crippen LogP contribution in [0.15, 0.2) is 24.3 Å². The van der Waals surface area contributed by atoms with Gasteiger partial charge in [-0.05, 0) is 43.0 Å². The molecule has 1 aliphatic rings. The number of nitrogen functional groups attached to an aromatic ring is 1. The van der Waals surface area contributed by atoms with Gasteiger partial charge in [0, 0.05) is 25.3 Å². The van der Waals surface area contributed by atoms with Gasteiger partial charge in [0.15, 0.2) is 0 Å². The van der Waals surface area contributed by atoms with E-state index in [1.54, 1.807) is 6.07 Å². The fourth-order valence-electron chi connectivity index (χ4n) is 2.60. The van der Waals surface area contributed by atoms with Crippen LogP contribution in [0, 0.1) is 5.92 Å². The van der Waals surface area contributed by atoms with Crippen LogP contribution in [-0.4, -0.2) is 35.6 Å². The molecule has 0 spiro atoms. The number of likely N-dealkylation sites (tertiary alicyclic amines) is 1. The van der Waals surface area contributed by atoms with E-state index in [4.69, 9.17) is 5.84 Å². The fourth-order valence-corrected chi connectivity index (χ4v) is 2.60. The van der Waals surface area contributed by atoms with Crippen LogP contribution >= 0.6 is 0 Å². The molecular formula is C14H21N3O2. The molecule has 104 valence electrons. The lowest BCUT2D eigenvalue weighted by molar-refractivity contribution is 0.0953. The maximum absolute atomic E-state index is 11.5. The maximum atomic E-state index is 11.5. The van der Waals surface area contributed by atoms with Gasteiger partial charge in [0.1, 0.15) is 0 Å². The molecule has 1 unspecified atom stereocenters.